The lowest BCUT2D eigenvalue weighted by molar-refractivity contribution is 0.265. The highest BCUT2D eigenvalue weighted by molar-refractivity contribution is 7.88. The zero-order valence-corrected chi connectivity index (χ0v) is 16.6. The number of hydrogen-bond donors (Lipinski definition) is 1. The molecular weight excluding hydrogens is 380 g/mol. The molecule has 0 unspecified atom stereocenters. The molecular formula is C18H22N6O3S. The second kappa shape index (κ2) is 7.44. The molecule has 1 saturated heterocycles. The van der Waals surface area contributed by atoms with Crippen LogP contribution in [0.25, 0.3) is 22.4 Å². The first-order valence-corrected chi connectivity index (χ1v) is 10.9. The van der Waals surface area contributed by atoms with Gasteiger partial charge in [-0.2, -0.15) is 4.98 Å². The summed E-state index contributed by atoms with van der Waals surface area (Å²) in [7, 11) is -1.67. The average Bonchev–Trinajstić information content (AvgIpc) is 3.15. The Morgan fingerprint density at radius 3 is 2.93 bits per heavy atom. The lowest BCUT2D eigenvalue weighted by Gasteiger charge is -2.31. The van der Waals surface area contributed by atoms with Gasteiger partial charge in [-0.3, -0.25) is 0 Å². The van der Waals surface area contributed by atoms with Crippen molar-refractivity contribution < 1.29 is 13.2 Å². The number of methoxy groups -OCH3 is 1. The van der Waals surface area contributed by atoms with Gasteiger partial charge in [0.05, 0.1) is 31.0 Å². The fourth-order valence-corrected chi connectivity index (χ4v) is 4.54. The standard InChI is InChI=1S/C18H22N6O3S/c1-27-18-21-9-13(16-10-20-17-14(22-16)5-6-19-17)15(23-18)8-12-4-3-7-24(11-12)28(2,25)26/h5-6,9-10,12H,3-4,7-8,11H2,1-2H3,(H,19,20)/t12-/m1/s1. The molecule has 9 nitrogen and oxygen atoms in total. The molecule has 0 saturated carbocycles. The fourth-order valence-electron chi connectivity index (χ4n) is 3.60. The van der Waals surface area contributed by atoms with Crippen molar-refractivity contribution >= 4 is 21.2 Å². The summed E-state index contributed by atoms with van der Waals surface area (Å²) in [5.74, 6) is 0.172. The van der Waals surface area contributed by atoms with Gasteiger partial charge < -0.3 is 9.72 Å². The van der Waals surface area contributed by atoms with Gasteiger partial charge in [-0.15, -0.1) is 0 Å². The van der Waals surface area contributed by atoms with E-state index in [1.807, 2.05) is 6.07 Å². The minimum Gasteiger partial charge on any atom is -0.467 e. The molecule has 1 aliphatic heterocycles. The summed E-state index contributed by atoms with van der Waals surface area (Å²) in [4.78, 5) is 20.9. The summed E-state index contributed by atoms with van der Waals surface area (Å²) >= 11 is 0. The highest BCUT2D eigenvalue weighted by Crippen LogP contribution is 2.28. The van der Waals surface area contributed by atoms with E-state index in [-0.39, 0.29) is 11.9 Å². The van der Waals surface area contributed by atoms with Crippen molar-refractivity contribution in [2.75, 3.05) is 26.5 Å². The second-order valence-electron chi connectivity index (χ2n) is 7.02. The Kier molecular flexibility index (Phi) is 4.98. The number of nitrogens with one attached hydrogen (secondary N) is 1. The number of hydrogen-bond acceptors (Lipinski definition) is 7. The molecule has 0 spiro atoms. The van der Waals surface area contributed by atoms with Crippen LogP contribution in [-0.4, -0.2) is 64.1 Å². The van der Waals surface area contributed by atoms with Crippen LogP contribution in [0.1, 0.15) is 18.5 Å². The Bertz CT molecular complexity index is 1100. The molecule has 0 aliphatic carbocycles. The van der Waals surface area contributed by atoms with E-state index >= 15 is 0 Å². The minimum atomic E-state index is -3.19. The molecule has 0 radical (unpaired) electrons. The van der Waals surface area contributed by atoms with Crippen molar-refractivity contribution in [3.05, 3.63) is 30.4 Å². The van der Waals surface area contributed by atoms with Crippen LogP contribution in [0, 0.1) is 5.92 Å². The summed E-state index contributed by atoms with van der Waals surface area (Å²) in [6.07, 6.45) is 8.84. The first kappa shape index (κ1) is 18.8. The molecule has 3 aromatic rings. The van der Waals surface area contributed by atoms with Crippen molar-refractivity contribution in [3.63, 3.8) is 0 Å². The zero-order valence-electron chi connectivity index (χ0n) is 15.8. The van der Waals surface area contributed by atoms with E-state index < -0.39 is 10.0 Å². The molecule has 10 heteroatoms. The number of H-pyrrole nitrogens is 1. The highest BCUT2D eigenvalue weighted by Gasteiger charge is 2.27. The Balaban J connectivity index is 1.67. The van der Waals surface area contributed by atoms with Crippen molar-refractivity contribution in [3.8, 4) is 17.3 Å². The normalized spacial score (nSPS) is 18.4. The van der Waals surface area contributed by atoms with Crippen LogP contribution in [0.3, 0.4) is 0 Å². The van der Waals surface area contributed by atoms with E-state index in [0.29, 0.717) is 25.2 Å². The fraction of sp³-hybridized carbons (Fsp3) is 0.444. The third kappa shape index (κ3) is 3.83. The lowest BCUT2D eigenvalue weighted by atomic mass is 9.92. The minimum absolute atomic E-state index is 0.172. The Morgan fingerprint density at radius 1 is 1.29 bits per heavy atom. The molecule has 1 N–H and O–H groups in total. The number of fused-ring (bicyclic) bond motifs is 1. The second-order valence-corrected chi connectivity index (χ2v) is 9.00. The van der Waals surface area contributed by atoms with E-state index in [9.17, 15) is 8.42 Å². The van der Waals surface area contributed by atoms with E-state index in [2.05, 4.69) is 24.9 Å². The summed E-state index contributed by atoms with van der Waals surface area (Å²) in [6.45, 7) is 1.07. The van der Waals surface area contributed by atoms with Crippen molar-refractivity contribution in [2.24, 2.45) is 5.92 Å². The van der Waals surface area contributed by atoms with Gasteiger partial charge in [0.25, 0.3) is 0 Å². The first-order valence-electron chi connectivity index (χ1n) is 9.09. The predicted molar refractivity (Wildman–Crippen MR) is 104 cm³/mol. The smallest absolute Gasteiger partial charge is 0.316 e. The Hall–Kier alpha value is -2.59. The lowest BCUT2D eigenvalue weighted by Crippen LogP contribution is -2.39. The number of aromatic nitrogens is 5. The molecule has 0 amide bonds. The molecule has 0 bridgehead atoms. The number of aromatic amines is 1. The van der Waals surface area contributed by atoms with E-state index in [1.165, 1.54) is 13.4 Å². The summed E-state index contributed by atoms with van der Waals surface area (Å²) in [5.41, 5.74) is 3.74. The summed E-state index contributed by atoms with van der Waals surface area (Å²) in [6, 6.07) is 2.14. The number of nitrogens with zero attached hydrogens (tertiary/aromatic N) is 5. The zero-order chi connectivity index (χ0) is 19.7. The topological polar surface area (TPSA) is 114 Å². The maximum absolute atomic E-state index is 11.9. The Morgan fingerprint density at radius 2 is 2.14 bits per heavy atom. The van der Waals surface area contributed by atoms with Crippen LogP contribution in [0.4, 0.5) is 0 Å². The van der Waals surface area contributed by atoms with E-state index in [1.54, 1.807) is 22.9 Å². The molecule has 4 rings (SSSR count). The molecule has 1 fully saturated rings. The van der Waals surface area contributed by atoms with Gasteiger partial charge in [-0.25, -0.2) is 27.7 Å². The van der Waals surface area contributed by atoms with Crippen LogP contribution in [-0.2, 0) is 16.4 Å². The Labute approximate surface area is 163 Å². The first-order chi connectivity index (χ1) is 13.4. The molecule has 4 heterocycles. The van der Waals surface area contributed by atoms with Crippen LogP contribution in [0.15, 0.2) is 24.7 Å². The molecule has 28 heavy (non-hydrogen) atoms. The van der Waals surface area contributed by atoms with Gasteiger partial charge in [-0.05, 0) is 31.2 Å². The number of rotatable bonds is 5. The van der Waals surface area contributed by atoms with Crippen LogP contribution in [0.2, 0.25) is 0 Å². The summed E-state index contributed by atoms with van der Waals surface area (Å²) in [5, 5.41) is 0. The average molecular weight is 402 g/mol. The van der Waals surface area contributed by atoms with E-state index in [0.717, 1.165) is 35.3 Å². The third-order valence-corrected chi connectivity index (χ3v) is 6.27. The SMILES string of the molecule is COc1ncc(-c2cnc3[nH]ccc3n2)c(C[C@H]2CCCN(S(C)(=O)=O)C2)n1. The quantitative estimate of drug-likeness (QED) is 0.690. The maximum Gasteiger partial charge on any atom is 0.316 e. The molecule has 0 aromatic carbocycles. The van der Waals surface area contributed by atoms with Gasteiger partial charge in [-0.1, -0.05) is 0 Å². The molecule has 3 aromatic heterocycles. The molecule has 1 atom stereocenters. The van der Waals surface area contributed by atoms with Crippen molar-refractivity contribution in [2.45, 2.75) is 19.3 Å². The highest BCUT2D eigenvalue weighted by atomic mass is 32.2. The van der Waals surface area contributed by atoms with Crippen LogP contribution in [0.5, 0.6) is 6.01 Å². The monoisotopic (exact) mass is 402 g/mol. The largest absolute Gasteiger partial charge is 0.467 e. The maximum atomic E-state index is 11.9. The predicted octanol–water partition coefficient (Wildman–Crippen LogP) is 1.64. The molecule has 1 aliphatic rings. The summed E-state index contributed by atoms with van der Waals surface area (Å²) < 4.78 is 30.6. The van der Waals surface area contributed by atoms with Gasteiger partial charge in [0.1, 0.15) is 5.52 Å². The van der Waals surface area contributed by atoms with E-state index in [4.69, 9.17) is 4.74 Å². The van der Waals surface area contributed by atoms with Gasteiger partial charge >= 0.3 is 6.01 Å². The van der Waals surface area contributed by atoms with Gasteiger partial charge in [0.2, 0.25) is 10.0 Å². The van der Waals surface area contributed by atoms with Crippen molar-refractivity contribution in [1.82, 2.24) is 29.2 Å². The van der Waals surface area contributed by atoms with Crippen LogP contribution < -0.4 is 4.74 Å². The van der Waals surface area contributed by atoms with Gasteiger partial charge in [0, 0.05) is 31.0 Å². The molecule has 148 valence electrons. The number of ether oxygens (including phenoxy) is 1. The van der Waals surface area contributed by atoms with Crippen molar-refractivity contribution in [1.29, 1.82) is 0 Å². The number of piperidine rings is 1. The number of sulfonamides is 1. The third-order valence-electron chi connectivity index (χ3n) is 5.00. The van der Waals surface area contributed by atoms with Gasteiger partial charge in [0.15, 0.2) is 5.65 Å². The van der Waals surface area contributed by atoms with Crippen LogP contribution >= 0.6 is 0 Å².